The summed E-state index contributed by atoms with van der Waals surface area (Å²) in [5.41, 5.74) is 0.684. The van der Waals surface area contributed by atoms with Gasteiger partial charge < -0.3 is 9.64 Å². The van der Waals surface area contributed by atoms with E-state index in [4.69, 9.17) is 4.74 Å². The number of ether oxygens (including phenoxy) is 1. The molecule has 2 heterocycles. The molecule has 5 nitrogen and oxygen atoms in total. The quantitative estimate of drug-likeness (QED) is 0.763. The van der Waals surface area contributed by atoms with Gasteiger partial charge in [-0.05, 0) is 47.8 Å². The number of benzene rings is 1. The number of aromatic nitrogens is 2. The van der Waals surface area contributed by atoms with E-state index in [1.807, 2.05) is 6.92 Å². The van der Waals surface area contributed by atoms with Gasteiger partial charge in [0.05, 0.1) is 18.0 Å². The van der Waals surface area contributed by atoms with Gasteiger partial charge in [0.2, 0.25) is 0 Å². The summed E-state index contributed by atoms with van der Waals surface area (Å²) in [6.07, 6.45) is 2.90. The second-order valence-corrected chi connectivity index (χ2v) is 6.35. The molecule has 7 heteroatoms. The Balaban J connectivity index is 1.84. The average Bonchev–Trinajstić information content (AvgIpc) is 2.55. The van der Waals surface area contributed by atoms with Gasteiger partial charge in [0.1, 0.15) is 18.0 Å². The van der Waals surface area contributed by atoms with Crippen molar-refractivity contribution in [2.45, 2.75) is 19.8 Å². The van der Waals surface area contributed by atoms with Crippen LogP contribution in [0.2, 0.25) is 0 Å². The molecule has 0 amide bonds. The molecular formula is C16H17BrFN3O2. The molecule has 0 unspecified atom stereocenters. The summed E-state index contributed by atoms with van der Waals surface area (Å²) in [4.78, 5) is 22.4. The van der Waals surface area contributed by atoms with Crippen LogP contribution < -0.4 is 4.90 Å². The fraction of sp³-hybridized carbons (Fsp3) is 0.438. The van der Waals surface area contributed by atoms with E-state index in [2.05, 4.69) is 30.8 Å². The molecule has 2 aromatic rings. The van der Waals surface area contributed by atoms with Crippen LogP contribution >= 0.6 is 15.9 Å². The van der Waals surface area contributed by atoms with Gasteiger partial charge in [-0.3, -0.25) is 4.79 Å². The molecule has 0 atom stereocenters. The number of hydrogen-bond acceptors (Lipinski definition) is 5. The Kier molecular flexibility index (Phi) is 4.75. The van der Waals surface area contributed by atoms with Crippen molar-refractivity contribution in [2.24, 2.45) is 5.92 Å². The minimum atomic E-state index is -0.332. The van der Waals surface area contributed by atoms with Crippen LogP contribution in [-0.4, -0.2) is 35.6 Å². The summed E-state index contributed by atoms with van der Waals surface area (Å²) < 4.78 is 19.4. The highest BCUT2D eigenvalue weighted by Gasteiger charge is 2.27. The molecule has 1 aromatic carbocycles. The van der Waals surface area contributed by atoms with E-state index in [9.17, 15) is 9.18 Å². The maximum absolute atomic E-state index is 13.7. The minimum absolute atomic E-state index is 0.0669. The molecule has 1 aliphatic rings. The van der Waals surface area contributed by atoms with Gasteiger partial charge in [0, 0.05) is 22.9 Å². The van der Waals surface area contributed by atoms with Crippen LogP contribution in [0.15, 0.2) is 22.9 Å². The molecule has 0 radical (unpaired) electrons. The van der Waals surface area contributed by atoms with Gasteiger partial charge in [-0.2, -0.15) is 0 Å². The Hall–Kier alpha value is -1.76. The average molecular weight is 382 g/mol. The van der Waals surface area contributed by atoms with E-state index >= 15 is 0 Å². The molecule has 3 rings (SSSR count). The first kappa shape index (κ1) is 16.1. The lowest BCUT2D eigenvalue weighted by molar-refractivity contribution is -0.148. The predicted molar refractivity (Wildman–Crippen MR) is 88.8 cm³/mol. The molecule has 23 heavy (non-hydrogen) atoms. The lowest BCUT2D eigenvalue weighted by atomic mass is 9.97. The Labute approximate surface area is 142 Å². The number of halogens is 2. The van der Waals surface area contributed by atoms with Crippen molar-refractivity contribution in [3.05, 3.63) is 28.7 Å². The maximum Gasteiger partial charge on any atom is 0.309 e. The molecule has 0 bridgehead atoms. The Morgan fingerprint density at radius 1 is 1.39 bits per heavy atom. The zero-order valence-electron chi connectivity index (χ0n) is 12.8. The number of piperidine rings is 1. The van der Waals surface area contributed by atoms with Crippen LogP contribution in [0.25, 0.3) is 10.9 Å². The van der Waals surface area contributed by atoms with Crippen LogP contribution in [0.5, 0.6) is 0 Å². The SMILES string of the molecule is CCOC(=O)C1CCN(c2ncnc3c(Br)cc(F)cc23)CC1. The van der Waals surface area contributed by atoms with Gasteiger partial charge in [-0.1, -0.05) is 0 Å². The normalized spacial score (nSPS) is 15.9. The summed E-state index contributed by atoms with van der Waals surface area (Å²) in [7, 11) is 0. The summed E-state index contributed by atoms with van der Waals surface area (Å²) in [5, 5.41) is 0.675. The number of carbonyl (C=O) groups excluding carboxylic acids is 1. The first-order valence-electron chi connectivity index (χ1n) is 7.61. The second kappa shape index (κ2) is 6.78. The fourth-order valence-corrected chi connectivity index (χ4v) is 3.45. The number of carbonyl (C=O) groups is 1. The topological polar surface area (TPSA) is 55.3 Å². The Morgan fingerprint density at radius 3 is 2.83 bits per heavy atom. The molecule has 122 valence electrons. The zero-order chi connectivity index (χ0) is 16.4. The van der Waals surface area contributed by atoms with E-state index < -0.39 is 0 Å². The highest BCUT2D eigenvalue weighted by molar-refractivity contribution is 9.10. The Bertz CT molecular complexity index is 733. The van der Waals surface area contributed by atoms with Crippen LogP contribution in [-0.2, 0) is 9.53 Å². The second-order valence-electron chi connectivity index (χ2n) is 5.49. The van der Waals surface area contributed by atoms with Crippen molar-refractivity contribution >= 4 is 38.6 Å². The third-order valence-electron chi connectivity index (χ3n) is 4.05. The van der Waals surface area contributed by atoms with Gasteiger partial charge in [-0.15, -0.1) is 0 Å². The largest absolute Gasteiger partial charge is 0.466 e. The molecule has 0 spiro atoms. The lowest BCUT2D eigenvalue weighted by Gasteiger charge is -2.32. The van der Waals surface area contributed by atoms with E-state index in [0.717, 1.165) is 0 Å². The zero-order valence-corrected chi connectivity index (χ0v) is 14.3. The summed E-state index contributed by atoms with van der Waals surface area (Å²) in [5.74, 6) is 0.176. The van der Waals surface area contributed by atoms with Crippen molar-refractivity contribution in [3.63, 3.8) is 0 Å². The van der Waals surface area contributed by atoms with E-state index in [1.54, 1.807) is 0 Å². The Morgan fingerprint density at radius 2 is 2.13 bits per heavy atom. The third-order valence-corrected chi connectivity index (χ3v) is 4.65. The molecule has 0 saturated carbocycles. The number of hydrogen-bond donors (Lipinski definition) is 0. The molecule has 1 aromatic heterocycles. The van der Waals surface area contributed by atoms with Crippen molar-refractivity contribution < 1.29 is 13.9 Å². The van der Waals surface area contributed by atoms with Crippen LogP contribution in [0, 0.1) is 11.7 Å². The number of fused-ring (bicyclic) bond motifs is 1. The number of esters is 1. The van der Waals surface area contributed by atoms with E-state index in [0.29, 0.717) is 53.7 Å². The van der Waals surface area contributed by atoms with Crippen molar-refractivity contribution in [3.8, 4) is 0 Å². The smallest absolute Gasteiger partial charge is 0.309 e. The van der Waals surface area contributed by atoms with Gasteiger partial charge in [0.25, 0.3) is 0 Å². The van der Waals surface area contributed by atoms with Crippen molar-refractivity contribution in [2.75, 3.05) is 24.6 Å². The highest BCUT2D eigenvalue weighted by Crippen LogP contribution is 2.31. The van der Waals surface area contributed by atoms with Gasteiger partial charge in [-0.25, -0.2) is 14.4 Å². The van der Waals surface area contributed by atoms with Crippen LogP contribution in [0.3, 0.4) is 0 Å². The first-order valence-corrected chi connectivity index (χ1v) is 8.40. The minimum Gasteiger partial charge on any atom is -0.466 e. The molecular weight excluding hydrogens is 365 g/mol. The first-order chi connectivity index (χ1) is 11.1. The third kappa shape index (κ3) is 3.29. The molecule has 1 fully saturated rings. The molecule has 1 aliphatic heterocycles. The van der Waals surface area contributed by atoms with Crippen molar-refractivity contribution in [1.82, 2.24) is 9.97 Å². The number of nitrogens with zero attached hydrogens (tertiary/aromatic N) is 3. The lowest BCUT2D eigenvalue weighted by Crippen LogP contribution is -2.37. The van der Waals surface area contributed by atoms with E-state index in [-0.39, 0.29) is 17.7 Å². The summed E-state index contributed by atoms with van der Waals surface area (Å²) in [6.45, 7) is 3.59. The van der Waals surface area contributed by atoms with Crippen LogP contribution in [0.1, 0.15) is 19.8 Å². The highest BCUT2D eigenvalue weighted by atomic mass is 79.9. The monoisotopic (exact) mass is 381 g/mol. The fourth-order valence-electron chi connectivity index (χ4n) is 2.92. The van der Waals surface area contributed by atoms with Crippen LogP contribution in [0.4, 0.5) is 10.2 Å². The molecule has 0 N–H and O–H groups in total. The molecule has 0 aliphatic carbocycles. The van der Waals surface area contributed by atoms with E-state index in [1.165, 1.54) is 18.5 Å². The predicted octanol–water partition coefficient (Wildman–Crippen LogP) is 3.31. The maximum atomic E-state index is 13.7. The van der Waals surface area contributed by atoms with Crippen molar-refractivity contribution in [1.29, 1.82) is 0 Å². The standard InChI is InChI=1S/C16H17BrFN3O2/c1-2-23-16(22)10-3-5-21(6-4-10)15-12-7-11(18)8-13(17)14(12)19-9-20-15/h7-10H,2-6H2,1H3. The summed E-state index contributed by atoms with van der Waals surface area (Å²) in [6, 6.07) is 2.85. The van der Waals surface area contributed by atoms with Gasteiger partial charge >= 0.3 is 5.97 Å². The number of anilines is 1. The number of rotatable bonds is 3. The molecule has 1 saturated heterocycles. The summed E-state index contributed by atoms with van der Waals surface area (Å²) >= 11 is 3.34. The van der Waals surface area contributed by atoms with Gasteiger partial charge in [0.15, 0.2) is 0 Å².